The zero-order valence-electron chi connectivity index (χ0n) is 17.9. The minimum Gasteiger partial charge on any atom is -0.347 e. The largest absolute Gasteiger partial charge is 0.347 e. The summed E-state index contributed by atoms with van der Waals surface area (Å²) in [4.78, 5) is 19.6. The first-order valence-corrected chi connectivity index (χ1v) is 11.0. The number of carbonyl (C=O) groups is 1. The molecule has 7 heteroatoms. The highest BCUT2D eigenvalue weighted by Gasteiger charge is 2.46. The lowest BCUT2D eigenvalue weighted by molar-refractivity contribution is 0.0928. The van der Waals surface area contributed by atoms with Crippen LogP contribution in [0.25, 0.3) is 22.3 Å². The molecule has 0 spiro atoms. The molecule has 0 aliphatic carbocycles. The highest BCUT2D eigenvalue weighted by atomic mass is 16.1. The maximum absolute atomic E-state index is 13.1. The molecule has 2 aliphatic heterocycles. The van der Waals surface area contributed by atoms with Gasteiger partial charge in [-0.3, -0.25) is 14.5 Å². The number of nitriles is 1. The lowest BCUT2D eigenvalue weighted by Crippen LogP contribution is -2.43. The molecule has 158 valence electrons. The van der Waals surface area contributed by atoms with Crippen molar-refractivity contribution in [3.63, 3.8) is 0 Å². The minimum atomic E-state index is -0.0863. The molecule has 1 aromatic carbocycles. The molecule has 2 aromatic heterocycles. The van der Waals surface area contributed by atoms with E-state index in [-0.39, 0.29) is 24.0 Å². The molecule has 0 radical (unpaired) electrons. The number of amides is 1. The summed E-state index contributed by atoms with van der Waals surface area (Å²) in [6.45, 7) is 4.86. The third-order valence-electron chi connectivity index (χ3n) is 6.55. The number of aryl methyl sites for hydroxylation is 2. The van der Waals surface area contributed by atoms with Gasteiger partial charge in [0.05, 0.1) is 23.3 Å². The number of benzene rings is 1. The third kappa shape index (κ3) is 3.32. The Balaban J connectivity index is 1.46. The number of carbonyl (C=O) groups excluding carboxylic acids is 1. The average molecular weight is 415 g/mol. The number of hydrogen-bond acceptors (Lipinski definition) is 5. The van der Waals surface area contributed by atoms with Gasteiger partial charge in [-0.25, -0.2) is 0 Å². The highest BCUT2D eigenvalue weighted by molar-refractivity contribution is 6.01. The van der Waals surface area contributed by atoms with E-state index in [1.165, 1.54) is 0 Å². The fraction of sp³-hybridized carbons (Fsp3) is 0.417. The summed E-state index contributed by atoms with van der Waals surface area (Å²) in [5, 5.41) is 18.4. The first-order valence-electron chi connectivity index (χ1n) is 11.0. The lowest BCUT2D eigenvalue weighted by Gasteiger charge is -2.22. The van der Waals surface area contributed by atoms with Gasteiger partial charge in [-0.2, -0.15) is 10.4 Å². The highest BCUT2D eigenvalue weighted by Crippen LogP contribution is 2.37. The molecule has 4 heterocycles. The van der Waals surface area contributed by atoms with Gasteiger partial charge in [0.1, 0.15) is 5.69 Å². The Morgan fingerprint density at radius 1 is 1.29 bits per heavy atom. The molecule has 7 nitrogen and oxygen atoms in total. The maximum Gasteiger partial charge on any atom is 0.251 e. The molecule has 2 saturated heterocycles. The van der Waals surface area contributed by atoms with Crippen LogP contribution in [0.5, 0.6) is 0 Å². The number of rotatable bonds is 5. The molecule has 3 atom stereocenters. The smallest absolute Gasteiger partial charge is 0.251 e. The first-order chi connectivity index (χ1) is 15.1. The Labute approximate surface area is 181 Å². The van der Waals surface area contributed by atoms with Gasteiger partial charge in [0.2, 0.25) is 0 Å². The van der Waals surface area contributed by atoms with E-state index in [0.717, 1.165) is 60.2 Å². The molecule has 2 fully saturated rings. The summed E-state index contributed by atoms with van der Waals surface area (Å²) in [5.74, 6) is -0.0863. The molecule has 0 saturated carbocycles. The van der Waals surface area contributed by atoms with E-state index >= 15 is 0 Å². The number of nitrogens with zero attached hydrogens (tertiary/aromatic N) is 5. The molecule has 0 unspecified atom stereocenters. The van der Waals surface area contributed by atoms with E-state index in [2.05, 4.69) is 23.4 Å². The van der Waals surface area contributed by atoms with Gasteiger partial charge >= 0.3 is 0 Å². The number of hydrogen-bond donors (Lipinski definition) is 1. The molecule has 31 heavy (non-hydrogen) atoms. The van der Waals surface area contributed by atoms with Crippen molar-refractivity contribution >= 4 is 16.8 Å². The van der Waals surface area contributed by atoms with Crippen LogP contribution in [0.3, 0.4) is 0 Å². The number of aromatic nitrogens is 3. The summed E-state index contributed by atoms with van der Waals surface area (Å²) in [6, 6.07) is 12.2. The van der Waals surface area contributed by atoms with Gasteiger partial charge < -0.3 is 10.2 Å². The summed E-state index contributed by atoms with van der Waals surface area (Å²) in [5.41, 5.74) is 4.20. The van der Waals surface area contributed by atoms with Gasteiger partial charge in [0, 0.05) is 29.2 Å². The predicted molar refractivity (Wildman–Crippen MR) is 118 cm³/mol. The Morgan fingerprint density at radius 2 is 2.16 bits per heavy atom. The van der Waals surface area contributed by atoms with Crippen molar-refractivity contribution in [2.24, 2.45) is 0 Å². The Hall–Kier alpha value is -3.40. The first kappa shape index (κ1) is 19.6. The Morgan fingerprint density at radius 3 is 2.90 bits per heavy atom. The van der Waals surface area contributed by atoms with Crippen LogP contribution in [-0.2, 0) is 6.54 Å². The van der Waals surface area contributed by atoms with Gasteiger partial charge in [0.15, 0.2) is 6.19 Å². The van der Waals surface area contributed by atoms with Gasteiger partial charge in [-0.15, -0.1) is 0 Å². The van der Waals surface area contributed by atoms with Crippen molar-refractivity contribution in [1.82, 2.24) is 25.0 Å². The Kier molecular flexibility index (Phi) is 4.85. The fourth-order valence-electron chi connectivity index (χ4n) is 5.11. The average Bonchev–Trinajstić information content (AvgIpc) is 3.44. The van der Waals surface area contributed by atoms with Crippen LogP contribution in [-0.4, -0.2) is 43.7 Å². The van der Waals surface area contributed by atoms with Crippen LogP contribution in [0.2, 0.25) is 0 Å². The molecule has 5 rings (SSSR count). The van der Waals surface area contributed by atoms with Crippen molar-refractivity contribution in [3.8, 4) is 17.6 Å². The topological polar surface area (TPSA) is 86.8 Å². The van der Waals surface area contributed by atoms with E-state index in [4.69, 9.17) is 5.10 Å². The van der Waals surface area contributed by atoms with Gasteiger partial charge in [-0.1, -0.05) is 13.0 Å². The van der Waals surface area contributed by atoms with Crippen LogP contribution >= 0.6 is 0 Å². The summed E-state index contributed by atoms with van der Waals surface area (Å²) in [6.07, 6.45) is 6.11. The summed E-state index contributed by atoms with van der Waals surface area (Å²) in [7, 11) is 0. The zero-order chi connectivity index (χ0) is 21.5. The van der Waals surface area contributed by atoms with Crippen molar-refractivity contribution < 1.29 is 4.79 Å². The van der Waals surface area contributed by atoms with Crippen LogP contribution < -0.4 is 5.32 Å². The fourth-order valence-corrected chi connectivity index (χ4v) is 5.11. The zero-order valence-corrected chi connectivity index (χ0v) is 17.9. The molecular formula is C24H26N6O. The van der Waals surface area contributed by atoms with E-state index < -0.39 is 0 Å². The monoisotopic (exact) mass is 414 g/mol. The van der Waals surface area contributed by atoms with Gasteiger partial charge in [-0.05, 0) is 62.9 Å². The van der Waals surface area contributed by atoms with Crippen LogP contribution in [0.1, 0.15) is 48.7 Å². The van der Waals surface area contributed by atoms with E-state index in [1.807, 2.05) is 52.9 Å². The Bertz CT molecular complexity index is 1190. The second-order valence-corrected chi connectivity index (χ2v) is 8.59. The molecular weight excluding hydrogens is 388 g/mol. The molecule has 3 aromatic rings. The van der Waals surface area contributed by atoms with E-state index in [9.17, 15) is 10.1 Å². The molecule has 1 N–H and O–H groups in total. The van der Waals surface area contributed by atoms with Crippen molar-refractivity contribution in [3.05, 3.63) is 47.7 Å². The van der Waals surface area contributed by atoms with Crippen molar-refractivity contribution in [1.29, 1.82) is 5.26 Å². The second-order valence-electron chi connectivity index (χ2n) is 8.59. The quantitative estimate of drug-likeness (QED) is 0.644. The SMILES string of the molecule is CCCn1nc(-c2cccc(C)n2)c2ccc(C(=O)N[C@@H]3C[C@@H]4CC[C@H]3N4C#N)cc21. The van der Waals surface area contributed by atoms with Crippen LogP contribution in [0.4, 0.5) is 0 Å². The molecule has 1 amide bonds. The normalized spacial score (nSPS) is 22.1. The predicted octanol–water partition coefficient (Wildman–Crippen LogP) is 3.63. The summed E-state index contributed by atoms with van der Waals surface area (Å²) < 4.78 is 1.97. The maximum atomic E-state index is 13.1. The summed E-state index contributed by atoms with van der Waals surface area (Å²) >= 11 is 0. The second kappa shape index (κ2) is 7.69. The van der Waals surface area contributed by atoms with E-state index in [0.29, 0.717) is 5.56 Å². The van der Waals surface area contributed by atoms with Crippen molar-refractivity contribution in [2.75, 3.05) is 0 Å². The minimum absolute atomic E-state index is 0.0363. The number of nitrogens with one attached hydrogen (secondary N) is 1. The van der Waals surface area contributed by atoms with Crippen LogP contribution in [0.15, 0.2) is 36.4 Å². The molecule has 2 bridgehead atoms. The lowest BCUT2D eigenvalue weighted by atomic mass is 9.95. The number of fused-ring (bicyclic) bond motifs is 3. The molecule has 2 aliphatic rings. The van der Waals surface area contributed by atoms with E-state index in [1.54, 1.807) is 0 Å². The van der Waals surface area contributed by atoms with Crippen LogP contribution in [0, 0.1) is 18.4 Å². The standard InChI is InChI=1S/C24H26N6O/c1-3-11-30-22-12-16(24(31)27-20-13-17-8-10-21(20)29(17)14-25)7-9-18(22)23(28-30)19-6-4-5-15(2)26-19/h4-7,9,12,17,20-21H,3,8,10-11,13H2,1-2H3,(H,27,31)/t17-,20+,21+/m0/s1. The van der Waals surface area contributed by atoms with Gasteiger partial charge in [0.25, 0.3) is 5.91 Å². The van der Waals surface area contributed by atoms with Crippen molar-refractivity contribution in [2.45, 2.75) is 64.2 Å². The third-order valence-corrected chi connectivity index (χ3v) is 6.55. The number of pyridine rings is 1.